The van der Waals surface area contributed by atoms with Crippen LogP contribution in [-0.4, -0.2) is 31.9 Å². The molecule has 5 nitrogen and oxygen atoms in total. The maximum atomic E-state index is 14.8. The summed E-state index contributed by atoms with van der Waals surface area (Å²) in [5, 5.41) is 4.86. The topological polar surface area (TPSA) is 50.5 Å². The molecule has 2 fully saturated rings. The van der Waals surface area contributed by atoms with Crippen molar-refractivity contribution >= 4 is 11.6 Å². The third-order valence-corrected chi connectivity index (χ3v) is 6.83. The summed E-state index contributed by atoms with van der Waals surface area (Å²) >= 11 is 0. The first-order chi connectivity index (χ1) is 15.3. The molecule has 0 bridgehead atoms. The lowest BCUT2D eigenvalue weighted by Gasteiger charge is -2.35. The fourth-order valence-corrected chi connectivity index (χ4v) is 5.07. The fraction of sp³-hybridized carbons (Fsp3) is 0.500. The lowest BCUT2D eigenvalue weighted by atomic mass is 9.92. The number of amides is 1. The van der Waals surface area contributed by atoms with Gasteiger partial charge in [-0.15, -0.1) is 0 Å². The van der Waals surface area contributed by atoms with Crippen LogP contribution >= 0.6 is 0 Å². The van der Waals surface area contributed by atoms with Gasteiger partial charge >= 0.3 is 0 Å². The molecular formula is C26H31FN4O. The molecule has 32 heavy (non-hydrogen) atoms. The van der Waals surface area contributed by atoms with Gasteiger partial charge in [-0.3, -0.25) is 4.79 Å². The Morgan fingerprint density at radius 3 is 2.56 bits per heavy atom. The molecule has 2 aliphatic rings. The minimum Gasteiger partial charge on any atom is -0.330 e. The quantitative estimate of drug-likeness (QED) is 0.517. The van der Waals surface area contributed by atoms with Crippen molar-refractivity contribution in [3.63, 3.8) is 0 Å². The van der Waals surface area contributed by atoms with Crippen LogP contribution in [0.3, 0.4) is 0 Å². The second kappa shape index (κ2) is 7.98. The van der Waals surface area contributed by atoms with Crippen LogP contribution in [0.4, 0.5) is 4.39 Å². The number of aryl methyl sites for hydroxylation is 2. The normalized spacial score (nSPS) is 19.2. The first-order valence-corrected chi connectivity index (χ1v) is 11.8. The number of halogens is 1. The largest absolute Gasteiger partial charge is 0.330 e. The van der Waals surface area contributed by atoms with Crippen LogP contribution in [0, 0.1) is 19.7 Å². The number of rotatable bonds is 4. The smallest absolute Gasteiger partial charge is 0.254 e. The van der Waals surface area contributed by atoms with E-state index in [-0.39, 0.29) is 23.7 Å². The number of hydrogen-bond donors (Lipinski definition) is 0. The summed E-state index contributed by atoms with van der Waals surface area (Å²) in [5.74, 6) is 0.120. The van der Waals surface area contributed by atoms with Gasteiger partial charge in [0.15, 0.2) is 5.65 Å². The standard InChI is InChI=1S/C26H31FN4O/c1-15(2)25-19(11-16(3)12-20(25)27)26(32)30-10-6-5-7-23(30)22-14-24-28-21(18-8-9-18)13-17(4)31(24)29-22/h11-15,18,23H,5-10H2,1-4H3/t23-/m0/s1. The molecule has 1 saturated heterocycles. The van der Waals surface area contributed by atoms with Crippen LogP contribution in [-0.2, 0) is 0 Å². The first kappa shape index (κ1) is 21.1. The van der Waals surface area contributed by atoms with Crippen LogP contribution < -0.4 is 0 Å². The number of nitrogens with zero attached hydrogens (tertiary/aromatic N) is 4. The van der Waals surface area contributed by atoms with E-state index in [1.807, 2.05) is 42.3 Å². The van der Waals surface area contributed by atoms with Crippen molar-refractivity contribution in [2.24, 2.45) is 0 Å². The lowest BCUT2D eigenvalue weighted by molar-refractivity contribution is 0.0603. The second-order valence-electron chi connectivity index (χ2n) is 9.81. The summed E-state index contributed by atoms with van der Waals surface area (Å²) < 4.78 is 16.7. The van der Waals surface area contributed by atoms with E-state index in [2.05, 4.69) is 13.0 Å². The molecule has 0 spiro atoms. The monoisotopic (exact) mass is 434 g/mol. The zero-order valence-electron chi connectivity index (χ0n) is 19.4. The highest BCUT2D eigenvalue weighted by atomic mass is 19.1. The zero-order chi connectivity index (χ0) is 22.6. The minimum absolute atomic E-state index is 0.0688. The van der Waals surface area contributed by atoms with Crippen LogP contribution in [0.5, 0.6) is 0 Å². The summed E-state index contributed by atoms with van der Waals surface area (Å²) in [6, 6.07) is 7.41. The molecule has 2 aromatic heterocycles. The molecular weight excluding hydrogens is 403 g/mol. The Kier molecular flexibility index (Phi) is 5.26. The first-order valence-electron chi connectivity index (χ1n) is 11.8. The molecule has 1 atom stereocenters. The Bertz CT molecular complexity index is 1190. The van der Waals surface area contributed by atoms with E-state index >= 15 is 0 Å². The van der Waals surface area contributed by atoms with E-state index in [1.54, 1.807) is 0 Å². The van der Waals surface area contributed by atoms with Crippen molar-refractivity contribution in [2.75, 3.05) is 6.54 Å². The number of fused-ring (bicyclic) bond motifs is 1. The molecule has 1 aromatic carbocycles. The maximum absolute atomic E-state index is 14.8. The highest BCUT2D eigenvalue weighted by molar-refractivity contribution is 5.96. The van der Waals surface area contributed by atoms with Crippen molar-refractivity contribution in [3.8, 4) is 0 Å². The van der Waals surface area contributed by atoms with Gasteiger partial charge in [0.2, 0.25) is 0 Å². The maximum Gasteiger partial charge on any atom is 0.254 e. The minimum atomic E-state index is -0.294. The number of piperidine rings is 1. The number of likely N-dealkylation sites (tertiary alicyclic amines) is 1. The Balaban J connectivity index is 1.54. The van der Waals surface area contributed by atoms with E-state index in [0.29, 0.717) is 23.6 Å². The van der Waals surface area contributed by atoms with Gasteiger partial charge in [-0.2, -0.15) is 5.10 Å². The molecule has 1 saturated carbocycles. The van der Waals surface area contributed by atoms with E-state index in [1.165, 1.54) is 18.9 Å². The number of aromatic nitrogens is 3. The van der Waals surface area contributed by atoms with Crippen molar-refractivity contribution < 1.29 is 9.18 Å². The fourth-order valence-electron chi connectivity index (χ4n) is 5.07. The molecule has 6 heteroatoms. The molecule has 0 unspecified atom stereocenters. The van der Waals surface area contributed by atoms with Crippen LogP contribution in [0.15, 0.2) is 24.3 Å². The van der Waals surface area contributed by atoms with Gasteiger partial charge in [0, 0.05) is 41.0 Å². The summed E-state index contributed by atoms with van der Waals surface area (Å²) in [6.45, 7) is 8.43. The summed E-state index contributed by atoms with van der Waals surface area (Å²) in [6.07, 6.45) is 5.26. The SMILES string of the molecule is Cc1cc(F)c(C(C)C)c(C(=O)N2CCCC[C@H]2c2cc3nc(C4CC4)cc(C)n3n2)c1. The van der Waals surface area contributed by atoms with Crippen molar-refractivity contribution in [2.45, 2.75) is 77.7 Å². The lowest BCUT2D eigenvalue weighted by Crippen LogP contribution is -2.39. The number of carbonyl (C=O) groups excluding carboxylic acids is 1. The molecule has 1 amide bonds. The van der Waals surface area contributed by atoms with Gasteiger partial charge in [-0.1, -0.05) is 13.8 Å². The van der Waals surface area contributed by atoms with Gasteiger partial charge < -0.3 is 4.90 Å². The Labute approximate surface area is 188 Å². The van der Waals surface area contributed by atoms with Crippen LogP contribution in [0.2, 0.25) is 0 Å². The molecule has 3 aromatic rings. The predicted octanol–water partition coefficient (Wildman–Crippen LogP) is 5.85. The van der Waals surface area contributed by atoms with Crippen molar-refractivity contribution in [1.29, 1.82) is 0 Å². The third kappa shape index (κ3) is 3.70. The summed E-state index contributed by atoms with van der Waals surface area (Å²) in [4.78, 5) is 20.5. The number of hydrogen-bond acceptors (Lipinski definition) is 3. The molecule has 1 aliphatic heterocycles. The zero-order valence-corrected chi connectivity index (χ0v) is 19.4. The van der Waals surface area contributed by atoms with Crippen LogP contribution in [0.1, 0.15) is 102 Å². The molecule has 168 valence electrons. The number of benzene rings is 1. The van der Waals surface area contributed by atoms with Crippen molar-refractivity contribution in [3.05, 3.63) is 63.9 Å². The van der Waals surface area contributed by atoms with Gasteiger partial charge in [-0.05, 0) is 75.6 Å². The van der Waals surface area contributed by atoms with Crippen molar-refractivity contribution in [1.82, 2.24) is 19.5 Å². The van der Waals surface area contributed by atoms with E-state index < -0.39 is 0 Å². The predicted molar refractivity (Wildman–Crippen MR) is 123 cm³/mol. The average Bonchev–Trinajstić information content (AvgIpc) is 3.51. The van der Waals surface area contributed by atoms with E-state index in [9.17, 15) is 9.18 Å². The highest BCUT2D eigenvalue weighted by Crippen LogP contribution is 2.40. The Morgan fingerprint density at radius 2 is 1.84 bits per heavy atom. The molecule has 0 N–H and O–H groups in total. The Hall–Kier alpha value is -2.76. The number of carbonyl (C=O) groups is 1. The van der Waals surface area contributed by atoms with Gasteiger partial charge in [0.05, 0.1) is 11.7 Å². The highest BCUT2D eigenvalue weighted by Gasteiger charge is 2.33. The van der Waals surface area contributed by atoms with Crippen LogP contribution in [0.25, 0.3) is 5.65 Å². The molecule has 1 aliphatic carbocycles. The summed E-state index contributed by atoms with van der Waals surface area (Å²) in [5.41, 5.74) is 5.70. The van der Waals surface area contributed by atoms with Gasteiger partial charge in [0.25, 0.3) is 5.91 Å². The van der Waals surface area contributed by atoms with Gasteiger partial charge in [0.1, 0.15) is 5.82 Å². The second-order valence-corrected chi connectivity index (χ2v) is 9.81. The molecule has 0 radical (unpaired) electrons. The van der Waals surface area contributed by atoms with Gasteiger partial charge in [-0.25, -0.2) is 13.9 Å². The third-order valence-electron chi connectivity index (χ3n) is 6.83. The molecule has 3 heterocycles. The Morgan fingerprint density at radius 1 is 1.06 bits per heavy atom. The van der Waals surface area contributed by atoms with E-state index in [0.717, 1.165) is 47.6 Å². The van der Waals surface area contributed by atoms with E-state index in [4.69, 9.17) is 10.1 Å². The summed E-state index contributed by atoms with van der Waals surface area (Å²) in [7, 11) is 0. The average molecular weight is 435 g/mol. The molecule has 5 rings (SSSR count).